The number of esters is 1. The first-order valence-corrected chi connectivity index (χ1v) is 28.0. The van der Waals surface area contributed by atoms with Gasteiger partial charge in [-0.3, -0.25) is 4.79 Å². The smallest absolute Gasteiger partial charge is 0.311 e. The molecule has 1 aromatic heterocycles. The third-order valence-electron chi connectivity index (χ3n) is 16.1. The summed E-state index contributed by atoms with van der Waals surface area (Å²) in [5.74, 6) is -2.89. The standard InChI is InChI=1S/C52H88FN5O14S/c1-15-41-52(64,16-2)45(60)34(7)57(12)28-30(3)25-50(9,63)47(32(5)44(33(6)48(62)70-41)71-42-26-51(10,67-13)46(61)35(8)69-42)72-49-43(59)40(23-31(4)68-49)56(11)22-21-37-29-58(55-54-37)38(27-53)24-36-17-19-39(20-18-36)73(14,65)66/h17-20,29-35,38,40-47,49,59-61,63-64H,15-16,21-28H2,1-14H3/t30-,31-,32+,33-,34-,35+,38+,40+,41-,42+,43-,44+,45-,46+,47-,49+,50-,51-,52-/m1/s1. The number of likely N-dealkylation sites (N-methyl/N-ethyl adjacent to an activating group) is 2. The fraction of sp³-hybridized carbons (Fsp3) is 0.827. The van der Waals surface area contributed by atoms with Gasteiger partial charge in [-0.25, -0.2) is 17.5 Å². The van der Waals surface area contributed by atoms with Crippen molar-refractivity contribution in [2.24, 2.45) is 17.8 Å². The zero-order chi connectivity index (χ0) is 54.5. The highest BCUT2D eigenvalue weighted by Crippen LogP contribution is 2.41. The van der Waals surface area contributed by atoms with E-state index in [1.165, 1.54) is 23.9 Å². The number of sulfone groups is 1. The Bertz CT molecular complexity index is 2180. The van der Waals surface area contributed by atoms with Crippen LogP contribution in [0.3, 0.4) is 0 Å². The van der Waals surface area contributed by atoms with Gasteiger partial charge in [0.2, 0.25) is 0 Å². The van der Waals surface area contributed by atoms with Gasteiger partial charge in [-0.2, -0.15) is 0 Å². The van der Waals surface area contributed by atoms with Crippen LogP contribution in [0.25, 0.3) is 0 Å². The molecule has 4 heterocycles. The molecule has 0 bridgehead atoms. The van der Waals surface area contributed by atoms with Gasteiger partial charge >= 0.3 is 5.97 Å². The van der Waals surface area contributed by atoms with Crippen molar-refractivity contribution < 1.29 is 71.6 Å². The van der Waals surface area contributed by atoms with Crippen LogP contribution in [0.4, 0.5) is 4.39 Å². The Morgan fingerprint density at radius 3 is 2.23 bits per heavy atom. The Morgan fingerprint density at radius 1 is 0.986 bits per heavy atom. The summed E-state index contributed by atoms with van der Waals surface area (Å²) < 4.78 is 78.1. The Morgan fingerprint density at radius 2 is 1.64 bits per heavy atom. The number of ether oxygens (including phenoxy) is 6. The van der Waals surface area contributed by atoms with E-state index in [1.807, 2.05) is 37.7 Å². The van der Waals surface area contributed by atoms with Crippen LogP contribution in [-0.4, -0.2) is 202 Å². The summed E-state index contributed by atoms with van der Waals surface area (Å²) in [5.41, 5.74) is -3.22. The predicted octanol–water partition coefficient (Wildman–Crippen LogP) is 3.65. The number of carbonyl (C=O) groups excluding carboxylic acids is 1. The lowest BCUT2D eigenvalue weighted by molar-refractivity contribution is -0.318. The SMILES string of the molecule is CC[C@H]1OC(=O)[C@H](C)[C@@H](O[C@H]2C[C@@](C)(OC)[C@@H](O)[C@H](C)O2)[C@H](C)[C@@H](O[C@@H]2O[C@H](C)C[C@H](N(C)CCc3cn([C@H](CF)Cc4ccc(S(C)(=O)=O)cc4)nn3)[C@H]2O)[C@](C)(O)C[C@@H](C)CN(C)[C@H](C)[C@@H](O)[C@@]1(O)CC. The van der Waals surface area contributed by atoms with Crippen molar-refractivity contribution in [3.05, 3.63) is 41.7 Å². The first kappa shape index (κ1) is 61.1. The first-order chi connectivity index (χ1) is 34.0. The van der Waals surface area contributed by atoms with Gasteiger partial charge in [-0.15, -0.1) is 5.10 Å². The van der Waals surface area contributed by atoms with Crippen LogP contribution < -0.4 is 0 Å². The maximum Gasteiger partial charge on any atom is 0.311 e. The van der Waals surface area contributed by atoms with E-state index in [-0.39, 0.29) is 42.9 Å². The van der Waals surface area contributed by atoms with E-state index < -0.39 is 131 Å². The molecule has 21 heteroatoms. The molecule has 0 radical (unpaired) electrons. The molecular formula is C52H88FN5O14S. The minimum Gasteiger partial charge on any atom is -0.459 e. The topological polar surface area (TPSA) is 245 Å². The van der Waals surface area contributed by atoms with Crippen LogP contribution in [0.5, 0.6) is 0 Å². The molecule has 0 spiro atoms. The molecule has 19 nitrogen and oxygen atoms in total. The lowest BCUT2D eigenvalue weighted by Gasteiger charge is -2.49. The van der Waals surface area contributed by atoms with Gasteiger partial charge in [0.1, 0.15) is 36.7 Å². The number of carbonyl (C=O) groups is 1. The number of aromatic nitrogens is 3. The number of hydrogen-bond acceptors (Lipinski definition) is 18. The number of halogens is 1. The van der Waals surface area contributed by atoms with Crippen molar-refractivity contribution >= 4 is 15.8 Å². The maximum absolute atomic E-state index is 14.6. The van der Waals surface area contributed by atoms with Crippen molar-refractivity contribution in [2.45, 2.75) is 215 Å². The largest absolute Gasteiger partial charge is 0.459 e. The van der Waals surface area contributed by atoms with Crippen LogP contribution in [0.1, 0.15) is 119 Å². The molecule has 19 atom stereocenters. The van der Waals surface area contributed by atoms with Crippen molar-refractivity contribution in [3.63, 3.8) is 0 Å². The van der Waals surface area contributed by atoms with Crippen LogP contribution >= 0.6 is 0 Å². The Hall–Kier alpha value is -2.77. The molecule has 418 valence electrons. The normalized spacial score (nSPS) is 39.4. The molecule has 3 aliphatic heterocycles. The predicted molar refractivity (Wildman–Crippen MR) is 270 cm³/mol. The Labute approximate surface area is 432 Å². The van der Waals surface area contributed by atoms with E-state index >= 15 is 0 Å². The van der Waals surface area contributed by atoms with Crippen molar-refractivity contribution in [1.82, 2.24) is 24.8 Å². The first-order valence-electron chi connectivity index (χ1n) is 26.1. The number of aliphatic hydroxyl groups excluding tert-OH is 3. The number of benzene rings is 1. The van der Waals surface area contributed by atoms with Crippen LogP contribution in [-0.2, 0) is 55.9 Å². The highest BCUT2D eigenvalue weighted by atomic mass is 32.2. The number of methoxy groups -OCH3 is 1. The van der Waals surface area contributed by atoms with E-state index in [2.05, 4.69) is 10.3 Å². The molecule has 0 aliphatic carbocycles. The highest BCUT2D eigenvalue weighted by Gasteiger charge is 2.53. The molecule has 0 saturated carbocycles. The molecule has 1 aromatic carbocycles. The van der Waals surface area contributed by atoms with Gasteiger partial charge in [0, 0.05) is 63.5 Å². The quantitative estimate of drug-likeness (QED) is 0.151. The molecule has 0 unspecified atom stereocenters. The highest BCUT2D eigenvalue weighted by molar-refractivity contribution is 7.90. The van der Waals surface area contributed by atoms with Gasteiger partial charge in [-0.05, 0) is 111 Å². The fourth-order valence-electron chi connectivity index (χ4n) is 11.4. The van der Waals surface area contributed by atoms with Gasteiger partial charge < -0.3 is 63.8 Å². The second kappa shape index (κ2) is 25.1. The summed E-state index contributed by atoms with van der Waals surface area (Å²) in [6.07, 6.45) is -5.94. The molecule has 2 aromatic rings. The third kappa shape index (κ3) is 14.4. The molecule has 73 heavy (non-hydrogen) atoms. The second-order valence-corrected chi connectivity index (χ2v) is 24.2. The van der Waals surface area contributed by atoms with Gasteiger partial charge in [0.05, 0.1) is 58.2 Å². The Balaban J connectivity index is 1.44. The number of nitrogens with zero attached hydrogens (tertiary/aromatic N) is 5. The van der Waals surface area contributed by atoms with Crippen LogP contribution in [0.2, 0.25) is 0 Å². The lowest BCUT2D eigenvalue weighted by Crippen LogP contribution is -2.61. The van der Waals surface area contributed by atoms with E-state index in [0.717, 1.165) is 11.8 Å². The monoisotopic (exact) mass is 1060 g/mol. The summed E-state index contributed by atoms with van der Waals surface area (Å²) in [6, 6.07) is 4.57. The van der Waals surface area contributed by atoms with Crippen molar-refractivity contribution in [2.75, 3.05) is 47.2 Å². The average Bonchev–Trinajstić information content (AvgIpc) is 3.81. The zero-order valence-corrected chi connectivity index (χ0v) is 46.4. The number of alkyl halides is 1. The minimum absolute atomic E-state index is 0.0780. The molecule has 3 aliphatic rings. The molecule has 0 amide bonds. The third-order valence-corrected chi connectivity index (χ3v) is 17.3. The fourth-order valence-corrected chi connectivity index (χ4v) is 12.0. The molecule has 5 N–H and O–H groups in total. The van der Waals surface area contributed by atoms with E-state index in [4.69, 9.17) is 28.4 Å². The summed E-state index contributed by atoms with van der Waals surface area (Å²) in [5, 5.41) is 68.8. The summed E-state index contributed by atoms with van der Waals surface area (Å²) in [4.78, 5) is 18.7. The molecule has 3 saturated heterocycles. The average molecular weight is 1060 g/mol. The van der Waals surface area contributed by atoms with Gasteiger partial charge in [0.15, 0.2) is 22.4 Å². The maximum atomic E-state index is 14.6. The van der Waals surface area contributed by atoms with Crippen molar-refractivity contribution in [1.29, 1.82) is 0 Å². The molecular weight excluding hydrogens is 970 g/mol. The number of hydrogen-bond donors (Lipinski definition) is 5. The summed E-state index contributed by atoms with van der Waals surface area (Å²) in [7, 11) is 1.81. The molecule has 5 rings (SSSR count). The minimum atomic E-state index is -3.38. The van der Waals surface area contributed by atoms with E-state index in [1.54, 1.807) is 73.7 Å². The van der Waals surface area contributed by atoms with Crippen LogP contribution in [0, 0.1) is 17.8 Å². The number of rotatable bonds is 16. The van der Waals surface area contributed by atoms with Gasteiger partial charge in [-0.1, -0.05) is 45.0 Å². The van der Waals surface area contributed by atoms with Crippen molar-refractivity contribution in [3.8, 4) is 0 Å². The summed E-state index contributed by atoms with van der Waals surface area (Å²) in [6.45, 7) is 17.8. The van der Waals surface area contributed by atoms with E-state index in [9.17, 15) is 43.1 Å². The number of cyclic esters (lactones) is 1. The molecule has 3 fully saturated rings. The van der Waals surface area contributed by atoms with E-state index in [0.29, 0.717) is 31.6 Å². The second-order valence-electron chi connectivity index (χ2n) is 22.2. The number of aliphatic hydroxyl groups is 5. The summed E-state index contributed by atoms with van der Waals surface area (Å²) >= 11 is 0. The lowest BCUT2D eigenvalue weighted by atomic mass is 9.77. The Kier molecular flexibility index (Phi) is 21.0. The van der Waals surface area contributed by atoms with Crippen LogP contribution in [0.15, 0.2) is 35.4 Å². The van der Waals surface area contributed by atoms with Gasteiger partial charge in [0.25, 0.3) is 0 Å². The zero-order valence-electron chi connectivity index (χ0n) is 45.6.